The summed E-state index contributed by atoms with van der Waals surface area (Å²) in [6.45, 7) is 1.61. The molecule has 4 nitrogen and oxygen atoms in total. The molecule has 0 bridgehead atoms. The summed E-state index contributed by atoms with van der Waals surface area (Å²) in [4.78, 5) is 14.0. The van der Waals surface area contributed by atoms with Crippen molar-refractivity contribution in [2.24, 2.45) is 0 Å². The van der Waals surface area contributed by atoms with Gasteiger partial charge in [0, 0.05) is 24.7 Å². The molecule has 1 aromatic rings. The Morgan fingerprint density at radius 1 is 1.39 bits per heavy atom. The van der Waals surface area contributed by atoms with Crippen molar-refractivity contribution in [3.8, 4) is 5.75 Å². The van der Waals surface area contributed by atoms with Crippen LogP contribution in [0.15, 0.2) is 24.3 Å². The summed E-state index contributed by atoms with van der Waals surface area (Å²) >= 11 is 0. The summed E-state index contributed by atoms with van der Waals surface area (Å²) < 4.78 is 0. The molecule has 0 atom stereocenters. The molecule has 0 aromatic heterocycles. The van der Waals surface area contributed by atoms with Crippen LogP contribution in [0.5, 0.6) is 5.75 Å². The van der Waals surface area contributed by atoms with Gasteiger partial charge >= 0.3 is 0 Å². The van der Waals surface area contributed by atoms with Gasteiger partial charge in [0.2, 0.25) is 5.91 Å². The number of aromatic hydroxyl groups is 1. The number of phenols is 1. The molecule has 1 fully saturated rings. The Bertz CT molecular complexity index is 412. The van der Waals surface area contributed by atoms with Crippen LogP contribution in [-0.2, 0) is 11.2 Å². The topological polar surface area (TPSA) is 52.6 Å². The number of piperidine rings is 1. The second kappa shape index (κ2) is 5.87. The predicted octanol–water partition coefficient (Wildman–Crippen LogP) is 1.15. The molecule has 0 radical (unpaired) electrons. The van der Waals surface area contributed by atoms with E-state index in [2.05, 4.69) is 5.32 Å². The Morgan fingerprint density at radius 3 is 2.67 bits per heavy atom. The quantitative estimate of drug-likeness (QED) is 0.843. The summed E-state index contributed by atoms with van der Waals surface area (Å²) in [6.07, 6.45) is 2.29. The monoisotopic (exact) mass is 248 g/mol. The second-order valence-electron chi connectivity index (χ2n) is 4.75. The molecule has 4 heteroatoms. The van der Waals surface area contributed by atoms with E-state index in [9.17, 15) is 9.90 Å². The lowest BCUT2D eigenvalue weighted by molar-refractivity contribution is -0.131. The number of carbonyl (C=O) groups is 1. The van der Waals surface area contributed by atoms with E-state index in [1.54, 1.807) is 18.2 Å². The molecule has 0 spiro atoms. The van der Waals surface area contributed by atoms with Crippen LogP contribution in [0, 0.1) is 0 Å². The van der Waals surface area contributed by atoms with Gasteiger partial charge in [-0.1, -0.05) is 18.2 Å². The van der Waals surface area contributed by atoms with E-state index in [4.69, 9.17) is 0 Å². The number of likely N-dealkylation sites (tertiary alicyclic amines) is 1. The minimum atomic E-state index is 0.103. The number of nitrogens with one attached hydrogen (secondary N) is 1. The Morgan fingerprint density at radius 2 is 2.06 bits per heavy atom. The number of phenolic OH excluding ortho intramolecular Hbond substituents is 1. The van der Waals surface area contributed by atoms with E-state index < -0.39 is 0 Å². The molecule has 1 aliphatic rings. The minimum Gasteiger partial charge on any atom is -0.508 e. The van der Waals surface area contributed by atoms with Crippen LogP contribution in [0.1, 0.15) is 18.4 Å². The highest BCUT2D eigenvalue weighted by Crippen LogP contribution is 2.18. The number of hydrogen-bond donors (Lipinski definition) is 2. The highest BCUT2D eigenvalue weighted by atomic mass is 16.3. The molecular formula is C14H20N2O2. The number of nitrogens with zero attached hydrogens (tertiary/aromatic N) is 1. The summed E-state index contributed by atoms with van der Waals surface area (Å²) in [7, 11) is 1.96. The van der Waals surface area contributed by atoms with Crippen molar-refractivity contribution < 1.29 is 9.90 Å². The molecular weight excluding hydrogens is 228 g/mol. The van der Waals surface area contributed by atoms with Crippen LogP contribution in [-0.4, -0.2) is 42.1 Å². The van der Waals surface area contributed by atoms with Crippen LogP contribution in [0.3, 0.4) is 0 Å². The van der Waals surface area contributed by atoms with Gasteiger partial charge in [-0.15, -0.1) is 0 Å². The summed E-state index contributed by atoms with van der Waals surface area (Å²) in [6, 6.07) is 7.56. The lowest BCUT2D eigenvalue weighted by Gasteiger charge is -2.32. The third-order valence-electron chi connectivity index (χ3n) is 3.59. The Hall–Kier alpha value is -1.55. The van der Waals surface area contributed by atoms with Crippen molar-refractivity contribution in [2.45, 2.75) is 25.3 Å². The maximum Gasteiger partial charge on any atom is 0.227 e. The third kappa shape index (κ3) is 3.01. The van der Waals surface area contributed by atoms with Gasteiger partial charge in [-0.2, -0.15) is 0 Å². The van der Waals surface area contributed by atoms with Crippen molar-refractivity contribution in [1.29, 1.82) is 0 Å². The molecule has 2 N–H and O–H groups in total. The molecule has 1 aromatic carbocycles. The Balaban J connectivity index is 1.91. The van der Waals surface area contributed by atoms with E-state index >= 15 is 0 Å². The van der Waals surface area contributed by atoms with Gasteiger partial charge in [0.25, 0.3) is 0 Å². The van der Waals surface area contributed by atoms with Gasteiger partial charge in [-0.05, 0) is 26.0 Å². The van der Waals surface area contributed by atoms with Crippen molar-refractivity contribution >= 4 is 5.91 Å². The van der Waals surface area contributed by atoms with Gasteiger partial charge in [-0.25, -0.2) is 0 Å². The smallest absolute Gasteiger partial charge is 0.227 e. The fourth-order valence-electron chi connectivity index (χ4n) is 2.35. The van der Waals surface area contributed by atoms with Gasteiger partial charge in [0.1, 0.15) is 5.75 Å². The molecule has 98 valence electrons. The van der Waals surface area contributed by atoms with Gasteiger partial charge in [-0.3, -0.25) is 4.79 Å². The molecule has 2 rings (SSSR count). The highest BCUT2D eigenvalue weighted by Gasteiger charge is 2.22. The molecule has 1 heterocycles. The van der Waals surface area contributed by atoms with Crippen molar-refractivity contribution in [1.82, 2.24) is 10.2 Å². The first-order valence-corrected chi connectivity index (χ1v) is 6.42. The largest absolute Gasteiger partial charge is 0.508 e. The molecule has 0 unspecified atom stereocenters. The molecule has 0 saturated carbocycles. The van der Waals surface area contributed by atoms with E-state index in [1.165, 1.54) is 0 Å². The Labute approximate surface area is 108 Å². The van der Waals surface area contributed by atoms with Crippen LogP contribution in [0.4, 0.5) is 0 Å². The fraction of sp³-hybridized carbons (Fsp3) is 0.500. The van der Waals surface area contributed by atoms with Crippen LogP contribution < -0.4 is 5.32 Å². The summed E-state index contributed by atoms with van der Waals surface area (Å²) in [5.74, 6) is 0.307. The maximum absolute atomic E-state index is 12.1. The molecule has 1 aliphatic heterocycles. The van der Waals surface area contributed by atoms with Crippen molar-refractivity contribution in [3.05, 3.63) is 29.8 Å². The van der Waals surface area contributed by atoms with E-state index in [0.29, 0.717) is 11.6 Å². The summed E-state index contributed by atoms with van der Waals surface area (Å²) in [5.41, 5.74) is 0.707. The Kier molecular flexibility index (Phi) is 4.20. The molecule has 1 saturated heterocycles. The first-order valence-electron chi connectivity index (χ1n) is 6.42. The third-order valence-corrected chi connectivity index (χ3v) is 3.59. The van der Waals surface area contributed by atoms with E-state index in [1.807, 2.05) is 18.0 Å². The lowest BCUT2D eigenvalue weighted by atomic mass is 10.0. The number of carbonyl (C=O) groups excluding carboxylic acids is 1. The van der Waals surface area contributed by atoms with Crippen molar-refractivity contribution in [3.63, 3.8) is 0 Å². The minimum absolute atomic E-state index is 0.103. The highest BCUT2D eigenvalue weighted by molar-refractivity contribution is 5.79. The van der Waals surface area contributed by atoms with Gasteiger partial charge < -0.3 is 15.3 Å². The number of hydrogen-bond acceptors (Lipinski definition) is 3. The van der Waals surface area contributed by atoms with Crippen LogP contribution in [0.25, 0.3) is 0 Å². The van der Waals surface area contributed by atoms with Crippen LogP contribution >= 0.6 is 0 Å². The molecule has 18 heavy (non-hydrogen) atoms. The van der Waals surface area contributed by atoms with Crippen molar-refractivity contribution in [2.75, 3.05) is 20.1 Å². The normalized spacial score (nSPS) is 16.8. The summed E-state index contributed by atoms with van der Waals surface area (Å²) in [5, 5.41) is 12.9. The zero-order valence-corrected chi connectivity index (χ0v) is 10.7. The predicted molar refractivity (Wildman–Crippen MR) is 70.5 cm³/mol. The second-order valence-corrected chi connectivity index (χ2v) is 4.75. The van der Waals surface area contributed by atoms with Crippen LogP contribution in [0.2, 0.25) is 0 Å². The number of benzene rings is 1. The first kappa shape index (κ1) is 12.9. The average Bonchev–Trinajstić information content (AvgIpc) is 2.41. The molecule has 0 aliphatic carbocycles. The average molecular weight is 248 g/mol. The van der Waals surface area contributed by atoms with Gasteiger partial charge in [0.05, 0.1) is 6.42 Å². The zero-order chi connectivity index (χ0) is 13.0. The fourth-order valence-corrected chi connectivity index (χ4v) is 2.35. The maximum atomic E-state index is 12.1. The van der Waals surface area contributed by atoms with Gasteiger partial charge in [0.15, 0.2) is 0 Å². The van der Waals surface area contributed by atoms with E-state index in [0.717, 1.165) is 25.9 Å². The van der Waals surface area contributed by atoms with E-state index in [-0.39, 0.29) is 18.1 Å². The zero-order valence-electron chi connectivity index (χ0n) is 10.7. The number of rotatable bonds is 3. The SMILES string of the molecule is CNC1CCN(C(=O)Cc2ccccc2O)CC1. The first-order chi connectivity index (χ1) is 8.70. The number of para-hydroxylation sites is 1. The number of amides is 1. The standard InChI is InChI=1S/C14H20N2O2/c1-15-12-6-8-16(9-7-12)14(18)10-11-4-2-3-5-13(11)17/h2-5,12,15,17H,6-10H2,1H3. The molecule has 1 amide bonds. The lowest BCUT2D eigenvalue weighted by Crippen LogP contribution is -2.44.